The summed E-state index contributed by atoms with van der Waals surface area (Å²) in [6, 6.07) is 3.62. The normalized spacial score (nSPS) is 11.1. The van der Waals surface area contributed by atoms with E-state index < -0.39 is 0 Å². The lowest BCUT2D eigenvalue weighted by atomic mass is 10.4. The lowest BCUT2D eigenvalue weighted by Crippen LogP contribution is -2.26. The number of hydrogen-bond donors (Lipinski definition) is 1. The van der Waals surface area contributed by atoms with Crippen LogP contribution in [0.15, 0.2) is 18.3 Å². The number of rotatable bonds is 5. The second kappa shape index (κ2) is 8.97. The van der Waals surface area contributed by atoms with E-state index in [0.717, 1.165) is 12.3 Å². The highest BCUT2D eigenvalue weighted by Crippen LogP contribution is 2.13. The molecule has 0 aromatic carbocycles. The molecule has 0 radical (unpaired) electrons. The Kier molecular flexibility index (Phi) is 8.25. The smallest absolute Gasteiger partial charge is 0.213 e. The summed E-state index contributed by atoms with van der Waals surface area (Å²) in [6.45, 7) is 6.79. The zero-order valence-electron chi connectivity index (χ0n) is 10.8. The first-order valence-corrected chi connectivity index (χ1v) is 5.57. The Balaban J connectivity index is 0. The van der Waals surface area contributed by atoms with Crippen LogP contribution in [0.3, 0.4) is 0 Å². The van der Waals surface area contributed by atoms with Gasteiger partial charge in [0.2, 0.25) is 5.88 Å². The molecule has 0 aliphatic rings. The summed E-state index contributed by atoms with van der Waals surface area (Å²) in [7, 11) is 3.50. The van der Waals surface area contributed by atoms with Crippen molar-refractivity contribution in [3.63, 3.8) is 0 Å². The Hall–Kier alpha value is -1.29. The van der Waals surface area contributed by atoms with E-state index in [2.05, 4.69) is 10.3 Å². The average Bonchev–Trinajstić information content (AvgIpc) is 2.33. The van der Waals surface area contributed by atoms with E-state index in [0.29, 0.717) is 5.88 Å². The molecule has 16 heavy (non-hydrogen) atoms. The van der Waals surface area contributed by atoms with Crippen LogP contribution in [0.25, 0.3) is 0 Å². The third kappa shape index (κ3) is 5.56. The number of methoxy groups -OCH3 is 1. The molecule has 94 valence electrons. The number of aromatic nitrogens is 1. The largest absolute Gasteiger partial charge is 0.495 e. The van der Waals surface area contributed by atoms with Crippen molar-refractivity contribution >= 4 is 0 Å². The van der Waals surface area contributed by atoms with Gasteiger partial charge in [-0.2, -0.15) is 0 Å². The van der Waals surface area contributed by atoms with Crippen molar-refractivity contribution in [1.29, 1.82) is 0 Å². The highest BCUT2D eigenvalue weighted by Gasteiger charge is 2.03. The molecule has 0 spiro atoms. The molecule has 4 nitrogen and oxygen atoms in total. The Morgan fingerprint density at radius 2 is 2.12 bits per heavy atom. The quantitative estimate of drug-likeness (QED) is 0.840. The van der Waals surface area contributed by atoms with Gasteiger partial charge >= 0.3 is 0 Å². The van der Waals surface area contributed by atoms with Gasteiger partial charge in [0.15, 0.2) is 0 Å². The molecule has 1 heterocycles. The fourth-order valence-electron chi connectivity index (χ4n) is 1.09. The molecular formula is C12H24N2O2. The molecule has 0 fully saturated rings. The summed E-state index contributed by atoms with van der Waals surface area (Å²) in [5.41, 5.74) is 0. The van der Waals surface area contributed by atoms with E-state index in [-0.39, 0.29) is 7.53 Å². The number of ether oxygens (including phenoxy) is 2. The van der Waals surface area contributed by atoms with Gasteiger partial charge in [-0.05, 0) is 20.0 Å². The Morgan fingerprint density at radius 3 is 2.56 bits per heavy atom. The van der Waals surface area contributed by atoms with Crippen LogP contribution in [-0.2, 0) is 0 Å². The maximum atomic E-state index is 5.53. The first kappa shape index (κ1) is 14.7. The SMILES string of the molecule is CC.CNC[C@@H](C)Oc1ccc(OC)cn1.[HH]. The minimum absolute atomic E-state index is 0. The topological polar surface area (TPSA) is 43.4 Å². The van der Waals surface area contributed by atoms with E-state index in [1.807, 2.05) is 33.9 Å². The van der Waals surface area contributed by atoms with Gasteiger partial charge in [0.1, 0.15) is 11.9 Å². The molecule has 0 saturated carbocycles. The van der Waals surface area contributed by atoms with Gasteiger partial charge in [-0.25, -0.2) is 4.98 Å². The molecule has 0 aliphatic carbocycles. The Labute approximate surface area is 99.5 Å². The lowest BCUT2D eigenvalue weighted by Gasteiger charge is -2.12. The average molecular weight is 228 g/mol. The molecule has 0 unspecified atom stereocenters. The maximum Gasteiger partial charge on any atom is 0.213 e. The van der Waals surface area contributed by atoms with Crippen LogP contribution in [0.2, 0.25) is 0 Å². The van der Waals surface area contributed by atoms with E-state index >= 15 is 0 Å². The number of nitrogens with one attached hydrogen (secondary N) is 1. The van der Waals surface area contributed by atoms with Crippen LogP contribution in [-0.4, -0.2) is 31.8 Å². The Morgan fingerprint density at radius 1 is 1.44 bits per heavy atom. The van der Waals surface area contributed by atoms with Gasteiger partial charge in [-0.3, -0.25) is 0 Å². The number of nitrogens with zero attached hydrogens (tertiary/aromatic N) is 1. The van der Waals surface area contributed by atoms with Crippen LogP contribution >= 0.6 is 0 Å². The third-order valence-corrected chi connectivity index (χ3v) is 1.76. The minimum Gasteiger partial charge on any atom is -0.495 e. The van der Waals surface area contributed by atoms with Gasteiger partial charge in [0, 0.05) is 14.0 Å². The summed E-state index contributed by atoms with van der Waals surface area (Å²) in [5, 5.41) is 3.03. The maximum absolute atomic E-state index is 5.53. The number of hydrogen-bond acceptors (Lipinski definition) is 4. The molecule has 0 amide bonds. The van der Waals surface area contributed by atoms with E-state index in [9.17, 15) is 0 Å². The van der Waals surface area contributed by atoms with Crippen molar-refractivity contribution in [3.8, 4) is 11.6 Å². The van der Waals surface area contributed by atoms with Gasteiger partial charge in [0.25, 0.3) is 0 Å². The molecule has 1 rings (SSSR count). The molecular weight excluding hydrogens is 204 g/mol. The predicted molar refractivity (Wildman–Crippen MR) is 68.3 cm³/mol. The Bertz CT molecular complexity index is 268. The molecule has 1 aromatic heterocycles. The van der Waals surface area contributed by atoms with Crippen molar-refractivity contribution in [3.05, 3.63) is 18.3 Å². The summed E-state index contributed by atoms with van der Waals surface area (Å²) in [6.07, 6.45) is 1.75. The summed E-state index contributed by atoms with van der Waals surface area (Å²) < 4.78 is 10.5. The molecule has 1 N–H and O–H groups in total. The monoisotopic (exact) mass is 228 g/mol. The second-order valence-corrected chi connectivity index (χ2v) is 3.02. The first-order valence-electron chi connectivity index (χ1n) is 5.57. The van der Waals surface area contributed by atoms with Gasteiger partial charge in [-0.15, -0.1) is 0 Å². The van der Waals surface area contributed by atoms with Gasteiger partial charge < -0.3 is 14.8 Å². The first-order chi connectivity index (χ1) is 7.76. The van der Waals surface area contributed by atoms with Gasteiger partial charge in [-0.1, -0.05) is 13.8 Å². The molecule has 4 heteroatoms. The van der Waals surface area contributed by atoms with Crippen molar-refractivity contribution in [2.75, 3.05) is 20.7 Å². The molecule has 0 bridgehead atoms. The molecule has 1 atom stereocenters. The van der Waals surface area contributed by atoms with Crippen molar-refractivity contribution in [2.24, 2.45) is 0 Å². The summed E-state index contributed by atoms with van der Waals surface area (Å²) in [5.74, 6) is 1.35. The number of likely N-dealkylation sites (N-methyl/N-ethyl adjacent to an activating group) is 1. The highest BCUT2D eigenvalue weighted by atomic mass is 16.5. The van der Waals surface area contributed by atoms with E-state index in [4.69, 9.17) is 9.47 Å². The van der Waals surface area contributed by atoms with Crippen LogP contribution < -0.4 is 14.8 Å². The predicted octanol–water partition coefficient (Wildman–Crippen LogP) is 2.35. The van der Waals surface area contributed by atoms with E-state index in [1.54, 1.807) is 19.4 Å². The summed E-state index contributed by atoms with van der Waals surface area (Å²) >= 11 is 0. The molecule has 0 aliphatic heterocycles. The van der Waals surface area contributed by atoms with E-state index in [1.165, 1.54) is 0 Å². The lowest BCUT2D eigenvalue weighted by molar-refractivity contribution is 0.211. The van der Waals surface area contributed by atoms with Crippen molar-refractivity contribution < 1.29 is 10.9 Å². The van der Waals surface area contributed by atoms with Crippen LogP contribution in [0.1, 0.15) is 22.2 Å². The standard InChI is InChI=1S/C10H16N2O2.C2H6.H2/c1-8(6-11-2)14-10-5-4-9(13-3)7-12-10;1-2;/h4-5,7-8,11H,6H2,1-3H3;1-2H3;1H/t8-;;/m1../s1. The second-order valence-electron chi connectivity index (χ2n) is 3.02. The third-order valence-electron chi connectivity index (χ3n) is 1.76. The van der Waals surface area contributed by atoms with Crippen LogP contribution in [0.5, 0.6) is 11.6 Å². The number of pyridine rings is 1. The molecule has 0 saturated heterocycles. The highest BCUT2D eigenvalue weighted by molar-refractivity contribution is 5.22. The summed E-state index contributed by atoms with van der Waals surface area (Å²) in [4.78, 5) is 4.10. The van der Waals surface area contributed by atoms with Crippen molar-refractivity contribution in [1.82, 2.24) is 10.3 Å². The van der Waals surface area contributed by atoms with Gasteiger partial charge in [0.05, 0.1) is 13.3 Å². The van der Waals surface area contributed by atoms with Crippen LogP contribution in [0, 0.1) is 0 Å². The minimum atomic E-state index is 0. The zero-order valence-corrected chi connectivity index (χ0v) is 10.8. The zero-order chi connectivity index (χ0) is 12.4. The van der Waals surface area contributed by atoms with Crippen molar-refractivity contribution in [2.45, 2.75) is 26.9 Å². The molecule has 1 aromatic rings. The fourth-order valence-corrected chi connectivity index (χ4v) is 1.09. The fraction of sp³-hybridized carbons (Fsp3) is 0.583. The van der Waals surface area contributed by atoms with Crippen LogP contribution in [0.4, 0.5) is 0 Å².